The zero-order valence-corrected chi connectivity index (χ0v) is 17.0. The number of nitrogens with one attached hydrogen (secondary N) is 1. The van der Waals surface area contributed by atoms with Gasteiger partial charge in [-0.25, -0.2) is 9.97 Å². The predicted octanol–water partition coefficient (Wildman–Crippen LogP) is 5.71. The number of H-pyrrole nitrogens is 1. The lowest BCUT2D eigenvalue weighted by Crippen LogP contribution is -2.38. The smallest absolute Gasteiger partial charge is 0.356 e. The first-order valence-corrected chi connectivity index (χ1v) is 10.6. The standard InChI is InChI=1S/C21H21ClF3N5/c22-13-5-6-16-15(10-13)14-7-8-30(20-27-11-26-19(29-20)21(23,24)25)17(18(14)28-16)9-12-3-1-2-4-12/h5-6,10-12,17,28H,1-4,7-9H2/t17-/m0/s1. The highest BCUT2D eigenvalue weighted by atomic mass is 35.5. The average Bonchev–Trinajstić information content (AvgIpc) is 3.35. The molecule has 3 aromatic rings. The molecule has 1 N–H and O–H groups in total. The lowest BCUT2D eigenvalue weighted by Gasteiger charge is -2.37. The van der Waals surface area contributed by atoms with Crippen LogP contribution in [0.4, 0.5) is 19.1 Å². The molecule has 0 radical (unpaired) electrons. The normalized spacial score (nSPS) is 20.1. The van der Waals surface area contributed by atoms with Crippen molar-refractivity contribution >= 4 is 28.5 Å². The fraction of sp³-hybridized carbons (Fsp3) is 0.476. The molecule has 1 saturated carbocycles. The van der Waals surface area contributed by atoms with Crippen LogP contribution in [0, 0.1) is 5.92 Å². The number of hydrogen-bond acceptors (Lipinski definition) is 4. The lowest BCUT2D eigenvalue weighted by molar-refractivity contribution is -0.145. The number of halogens is 4. The van der Waals surface area contributed by atoms with E-state index in [0.717, 1.165) is 42.2 Å². The van der Waals surface area contributed by atoms with Gasteiger partial charge in [-0.1, -0.05) is 37.3 Å². The molecule has 1 aromatic carbocycles. The maximum absolute atomic E-state index is 13.2. The van der Waals surface area contributed by atoms with Gasteiger partial charge in [0.2, 0.25) is 11.8 Å². The van der Waals surface area contributed by atoms with E-state index < -0.39 is 12.0 Å². The van der Waals surface area contributed by atoms with Crippen LogP contribution in [-0.2, 0) is 12.6 Å². The summed E-state index contributed by atoms with van der Waals surface area (Å²) in [5.74, 6) is -0.522. The Balaban J connectivity index is 1.58. The molecule has 3 heterocycles. The van der Waals surface area contributed by atoms with Crippen molar-refractivity contribution in [3.8, 4) is 0 Å². The maximum Gasteiger partial charge on any atom is 0.451 e. The first-order chi connectivity index (χ1) is 14.4. The molecule has 1 aliphatic carbocycles. The zero-order chi connectivity index (χ0) is 20.9. The van der Waals surface area contributed by atoms with Crippen LogP contribution >= 0.6 is 11.6 Å². The second kappa shape index (κ2) is 7.41. The Morgan fingerprint density at radius 2 is 1.97 bits per heavy atom. The SMILES string of the molecule is FC(F)(F)c1ncnc(N2CCc3c([nH]c4ccc(Cl)cc34)[C@@H]2CC2CCCC2)n1. The Morgan fingerprint density at radius 1 is 1.17 bits per heavy atom. The van der Waals surface area contributed by atoms with Gasteiger partial charge < -0.3 is 9.88 Å². The molecular weight excluding hydrogens is 415 g/mol. The second-order valence-electron chi connectivity index (χ2n) is 8.16. The van der Waals surface area contributed by atoms with Gasteiger partial charge >= 0.3 is 6.18 Å². The zero-order valence-electron chi connectivity index (χ0n) is 16.2. The molecule has 0 amide bonds. The van der Waals surface area contributed by atoms with E-state index in [1.165, 1.54) is 18.4 Å². The number of anilines is 1. The molecule has 5 rings (SSSR count). The molecule has 1 atom stereocenters. The minimum Gasteiger partial charge on any atom is -0.356 e. The molecule has 158 valence electrons. The van der Waals surface area contributed by atoms with Crippen molar-refractivity contribution in [3.05, 3.63) is 46.6 Å². The number of alkyl halides is 3. The number of aromatic nitrogens is 4. The molecule has 30 heavy (non-hydrogen) atoms. The first kappa shape index (κ1) is 19.6. The molecule has 5 nitrogen and oxygen atoms in total. The van der Waals surface area contributed by atoms with Crippen molar-refractivity contribution in [1.82, 2.24) is 19.9 Å². The highest BCUT2D eigenvalue weighted by Crippen LogP contribution is 2.43. The Hall–Kier alpha value is -2.35. The lowest BCUT2D eigenvalue weighted by atomic mass is 9.90. The van der Waals surface area contributed by atoms with Gasteiger partial charge in [0.1, 0.15) is 6.33 Å². The Bertz CT molecular complexity index is 1070. The Morgan fingerprint density at radius 3 is 2.73 bits per heavy atom. The molecule has 0 saturated heterocycles. The van der Waals surface area contributed by atoms with Gasteiger partial charge in [-0.3, -0.25) is 0 Å². The summed E-state index contributed by atoms with van der Waals surface area (Å²) >= 11 is 6.22. The van der Waals surface area contributed by atoms with Crippen LogP contribution in [0.25, 0.3) is 10.9 Å². The highest BCUT2D eigenvalue weighted by Gasteiger charge is 2.38. The van der Waals surface area contributed by atoms with E-state index in [1.807, 2.05) is 23.1 Å². The monoisotopic (exact) mass is 435 g/mol. The number of nitrogens with zero attached hydrogens (tertiary/aromatic N) is 4. The third kappa shape index (κ3) is 3.51. The summed E-state index contributed by atoms with van der Waals surface area (Å²) < 4.78 is 39.6. The quantitative estimate of drug-likeness (QED) is 0.572. The summed E-state index contributed by atoms with van der Waals surface area (Å²) in [6, 6.07) is 5.65. The van der Waals surface area contributed by atoms with Crippen molar-refractivity contribution in [2.75, 3.05) is 11.4 Å². The van der Waals surface area contributed by atoms with Crippen molar-refractivity contribution in [1.29, 1.82) is 0 Å². The fourth-order valence-electron chi connectivity index (χ4n) is 4.95. The predicted molar refractivity (Wildman–Crippen MR) is 109 cm³/mol. The number of aromatic amines is 1. The largest absolute Gasteiger partial charge is 0.451 e. The summed E-state index contributed by atoms with van der Waals surface area (Å²) in [4.78, 5) is 16.6. The third-order valence-corrected chi connectivity index (χ3v) is 6.55. The van der Waals surface area contributed by atoms with Gasteiger partial charge in [0.05, 0.1) is 6.04 Å². The molecule has 2 aromatic heterocycles. The van der Waals surface area contributed by atoms with Crippen molar-refractivity contribution in [2.45, 2.75) is 50.7 Å². The molecule has 1 fully saturated rings. The number of hydrogen-bond donors (Lipinski definition) is 1. The van der Waals surface area contributed by atoms with Crippen LogP contribution in [0.5, 0.6) is 0 Å². The Kier molecular flexibility index (Phi) is 4.84. The maximum atomic E-state index is 13.2. The van der Waals surface area contributed by atoms with Crippen LogP contribution in [0.2, 0.25) is 5.02 Å². The van der Waals surface area contributed by atoms with E-state index in [4.69, 9.17) is 11.6 Å². The molecule has 9 heteroatoms. The number of rotatable bonds is 3. The molecule has 1 aliphatic heterocycles. The van der Waals surface area contributed by atoms with Crippen molar-refractivity contribution < 1.29 is 13.2 Å². The van der Waals surface area contributed by atoms with Crippen LogP contribution < -0.4 is 4.90 Å². The van der Waals surface area contributed by atoms with Crippen molar-refractivity contribution in [2.24, 2.45) is 5.92 Å². The van der Waals surface area contributed by atoms with Crippen LogP contribution in [-0.4, -0.2) is 26.5 Å². The first-order valence-electron chi connectivity index (χ1n) is 10.2. The summed E-state index contributed by atoms with van der Waals surface area (Å²) in [5, 5.41) is 1.76. The van der Waals surface area contributed by atoms with Gasteiger partial charge in [-0.15, -0.1) is 0 Å². The van der Waals surface area contributed by atoms with E-state index in [-0.39, 0.29) is 12.0 Å². The summed E-state index contributed by atoms with van der Waals surface area (Å²) in [5.41, 5.74) is 3.23. The summed E-state index contributed by atoms with van der Waals surface area (Å²) in [6.45, 7) is 0.547. The van der Waals surface area contributed by atoms with Gasteiger partial charge in [-0.2, -0.15) is 18.2 Å². The van der Waals surface area contributed by atoms with E-state index >= 15 is 0 Å². The van der Waals surface area contributed by atoms with Gasteiger partial charge in [0.15, 0.2) is 0 Å². The van der Waals surface area contributed by atoms with E-state index in [9.17, 15) is 13.2 Å². The third-order valence-electron chi connectivity index (χ3n) is 6.31. The van der Waals surface area contributed by atoms with E-state index in [0.29, 0.717) is 23.9 Å². The van der Waals surface area contributed by atoms with Gasteiger partial charge in [-0.05, 0) is 42.5 Å². The number of benzene rings is 1. The van der Waals surface area contributed by atoms with Crippen LogP contribution in [0.1, 0.15) is 55.2 Å². The molecule has 0 unspecified atom stereocenters. The number of fused-ring (bicyclic) bond motifs is 3. The van der Waals surface area contributed by atoms with Gasteiger partial charge in [0, 0.05) is 28.2 Å². The van der Waals surface area contributed by atoms with Crippen molar-refractivity contribution in [3.63, 3.8) is 0 Å². The van der Waals surface area contributed by atoms with Gasteiger partial charge in [0.25, 0.3) is 0 Å². The molecule has 0 spiro atoms. The Labute approximate surface area is 176 Å². The van der Waals surface area contributed by atoms with Crippen LogP contribution in [0.3, 0.4) is 0 Å². The highest BCUT2D eigenvalue weighted by molar-refractivity contribution is 6.31. The minimum atomic E-state index is -4.60. The van der Waals surface area contributed by atoms with E-state index in [2.05, 4.69) is 19.9 Å². The topological polar surface area (TPSA) is 57.7 Å². The molecule has 2 aliphatic rings. The molecular formula is C21H21ClF3N5. The van der Waals surface area contributed by atoms with Crippen LogP contribution in [0.15, 0.2) is 24.5 Å². The molecule has 0 bridgehead atoms. The fourth-order valence-corrected chi connectivity index (χ4v) is 5.12. The summed E-state index contributed by atoms with van der Waals surface area (Å²) in [6.07, 6.45) is 2.61. The average molecular weight is 436 g/mol. The minimum absolute atomic E-state index is 0.0858. The second-order valence-corrected chi connectivity index (χ2v) is 8.60. The summed E-state index contributed by atoms with van der Waals surface area (Å²) in [7, 11) is 0. The van der Waals surface area contributed by atoms with E-state index in [1.54, 1.807) is 0 Å².